The van der Waals surface area contributed by atoms with Gasteiger partial charge in [0.2, 0.25) is 0 Å². The molecule has 0 saturated carbocycles. The van der Waals surface area contributed by atoms with Crippen LogP contribution in [0.4, 0.5) is 0 Å². The van der Waals surface area contributed by atoms with Gasteiger partial charge in [-0.05, 0) is 31.9 Å². The number of benzene rings is 2. The first-order chi connectivity index (χ1) is 10.5. The van der Waals surface area contributed by atoms with Crippen molar-refractivity contribution in [1.82, 2.24) is 0 Å². The van der Waals surface area contributed by atoms with E-state index in [1.165, 1.54) is 0 Å². The molecule has 2 aromatic carbocycles. The van der Waals surface area contributed by atoms with Crippen molar-refractivity contribution in [3.63, 3.8) is 0 Å². The molecule has 0 saturated heterocycles. The summed E-state index contributed by atoms with van der Waals surface area (Å²) in [4.78, 5) is 11.9. The highest BCUT2D eigenvalue weighted by atomic mass is 16.6. The van der Waals surface area contributed by atoms with Crippen molar-refractivity contribution in [3.05, 3.63) is 71.8 Å². The summed E-state index contributed by atoms with van der Waals surface area (Å²) >= 11 is 0. The molecular formula is C19H22O3. The third kappa shape index (κ3) is 5.01. The summed E-state index contributed by atoms with van der Waals surface area (Å²) in [5.74, 6) is -0.357. The zero-order chi connectivity index (χ0) is 16.0. The van der Waals surface area contributed by atoms with Crippen LogP contribution in [-0.2, 0) is 14.3 Å². The van der Waals surface area contributed by atoms with Crippen molar-refractivity contribution >= 4 is 5.97 Å². The second-order valence-corrected chi connectivity index (χ2v) is 6.10. The molecule has 0 aliphatic rings. The monoisotopic (exact) mass is 298 g/mol. The Morgan fingerprint density at radius 1 is 0.909 bits per heavy atom. The van der Waals surface area contributed by atoms with Gasteiger partial charge in [-0.1, -0.05) is 60.7 Å². The van der Waals surface area contributed by atoms with Gasteiger partial charge >= 0.3 is 5.97 Å². The van der Waals surface area contributed by atoms with E-state index < -0.39 is 5.60 Å². The molecule has 2 aromatic rings. The predicted octanol–water partition coefficient (Wildman–Crippen LogP) is 4.13. The van der Waals surface area contributed by atoms with Gasteiger partial charge in [-0.25, -0.2) is 4.79 Å². The van der Waals surface area contributed by atoms with Crippen LogP contribution in [0.5, 0.6) is 0 Å². The Kier molecular flexibility index (Phi) is 5.34. The Bertz CT molecular complexity index is 546. The van der Waals surface area contributed by atoms with Crippen LogP contribution in [0.1, 0.15) is 38.0 Å². The average Bonchev–Trinajstić information content (AvgIpc) is 2.48. The molecule has 0 aliphatic carbocycles. The van der Waals surface area contributed by atoms with Crippen LogP contribution in [0.3, 0.4) is 0 Å². The van der Waals surface area contributed by atoms with Crippen molar-refractivity contribution in [2.75, 3.05) is 6.61 Å². The second-order valence-electron chi connectivity index (χ2n) is 6.10. The summed E-state index contributed by atoms with van der Waals surface area (Å²) in [7, 11) is 0. The smallest absolute Gasteiger partial charge is 0.332 e. The third-order valence-electron chi connectivity index (χ3n) is 2.99. The van der Waals surface area contributed by atoms with Gasteiger partial charge in [-0.15, -0.1) is 0 Å². The Morgan fingerprint density at radius 3 is 1.77 bits per heavy atom. The van der Waals surface area contributed by atoms with Crippen molar-refractivity contribution in [3.8, 4) is 0 Å². The van der Waals surface area contributed by atoms with E-state index in [1.807, 2.05) is 81.4 Å². The minimum absolute atomic E-state index is 0.0777. The van der Waals surface area contributed by atoms with Gasteiger partial charge in [0.05, 0.1) is 0 Å². The molecule has 116 valence electrons. The first kappa shape index (κ1) is 16.2. The molecule has 0 fully saturated rings. The Balaban J connectivity index is 2.11. The van der Waals surface area contributed by atoms with E-state index in [-0.39, 0.29) is 18.7 Å². The Labute approximate surface area is 131 Å². The zero-order valence-electron chi connectivity index (χ0n) is 13.3. The van der Waals surface area contributed by atoms with Crippen LogP contribution in [0, 0.1) is 0 Å². The number of carbonyl (C=O) groups is 1. The molecule has 0 unspecified atom stereocenters. The number of rotatable bonds is 5. The van der Waals surface area contributed by atoms with Crippen molar-refractivity contribution < 1.29 is 14.3 Å². The Morgan fingerprint density at radius 2 is 1.36 bits per heavy atom. The van der Waals surface area contributed by atoms with E-state index in [9.17, 15) is 4.79 Å². The summed E-state index contributed by atoms with van der Waals surface area (Å²) < 4.78 is 11.1. The van der Waals surface area contributed by atoms with Gasteiger partial charge in [0.1, 0.15) is 18.3 Å². The summed E-state index contributed by atoms with van der Waals surface area (Å²) in [6.07, 6.45) is -0.282. The molecule has 0 bridgehead atoms. The molecule has 0 spiro atoms. The fraction of sp³-hybridized carbons (Fsp3) is 0.316. The predicted molar refractivity (Wildman–Crippen MR) is 86.5 cm³/mol. The average molecular weight is 298 g/mol. The fourth-order valence-corrected chi connectivity index (χ4v) is 2.16. The number of esters is 1. The maximum atomic E-state index is 11.9. The fourth-order valence-electron chi connectivity index (χ4n) is 2.16. The first-order valence-electron chi connectivity index (χ1n) is 7.39. The molecule has 0 atom stereocenters. The van der Waals surface area contributed by atoms with Gasteiger partial charge < -0.3 is 9.47 Å². The lowest BCUT2D eigenvalue weighted by atomic mass is 10.0. The number of ether oxygens (including phenoxy) is 2. The van der Waals surface area contributed by atoms with Crippen LogP contribution in [0.15, 0.2) is 60.7 Å². The standard InChI is InChI=1S/C19H22O3/c1-19(2,3)22-17(20)14-21-18(15-10-6-4-7-11-15)16-12-8-5-9-13-16/h4-13,18H,14H2,1-3H3. The summed E-state index contributed by atoms with van der Waals surface area (Å²) in [5.41, 5.74) is 1.52. The lowest BCUT2D eigenvalue weighted by Crippen LogP contribution is -2.27. The SMILES string of the molecule is CC(C)(C)OC(=O)COC(c1ccccc1)c1ccccc1. The van der Waals surface area contributed by atoms with E-state index in [1.54, 1.807) is 0 Å². The molecule has 2 rings (SSSR count). The van der Waals surface area contributed by atoms with Gasteiger partial charge in [0.15, 0.2) is 0 Å². The molecule has 3 heteroatoms. The van der Waals surface area contributed by atoms with Gasteiger partial charge in [-0.3, -0.25) is 0 Å². The second kappa shape index (κ2) is 7.23. The quantitative estimate of drug-likeness (QED) is 0.778. The van der Waals surface area contributed by atoms with Gasteiger partial charge in [0.25, 0.3) is 0 Å². The van der Waals surface area contributed by atoms with Crippen molar-refractivity contribution in [2.45, 2.75) is 32.5 Å². The molecule has 0 aromatic heterocycles. The molecule has 0 heterocycles. The van der Waals surface area contributed by atoms with E-state index in [4.69, 9.17) is 9.47 Å². The van der Waals surface area contributed by atoms with Crippen LogP contribution < -0.4 is 0 Å². The number of carbonyl (C=O) groups excluding carboxylic acids is 1. The molecule has 0 amide bonds. The van der Waals surface area contributed by atoms with Crippen LogP contribution >= 0.6 is 0 Å². The van der Waals surface area contributed by atoms with Crippen LogP contribution in [0.2, 0.25) is 0 Å². The minimum atomic E-state index is -0.505. The van der Waals surface area contributed by atoms with Crippen molar-refractivity contribution in [1.29, 1.82) is 0 Å². The highest BCUT2D eigenvalue weighted by Crippen LogP contribution is 2.25. The largest absolute Gasteiger partial charge is 0.458 e. The molecular weight excluding hydrogens is 276 g/mol. The molecule has 0 aliphatic heterocycles. The molecule has 0 radical (unpaired) electrons. The number of hydrogen-bond donors (Lipinski definition) is 0. The van der Waals surface area contributed by atoms with Gasteiger partial charge in [-0.2, -0.15) is 0 Å². The van der Waals surface area contributed by atoms with Crippen molar-refractivity contribution in [2.24, 2.45) is 0 Å². The molecule has 0 N–H and O–H groups in total. The van der Waals surface area contributed by atoms with Crippen LogP contribution in [0.25, 0.3) is 0 Å². The summed E-state index contributed by atoms with van der Waals surface area (Å²) in [6, 6.07) is 19.7. The lowest BCUT2D eigenvalue weighted by molar-refractivity contribution is -0.161. The maximum Gasteiger partial charge on any atom is 0.332 e. The van der Waals surface area contributed by atoms with E-state index in [0.717, 1.165) is 11.1 Å². The highest BCUT2D eigenvalue weighted by molar-refractivity contribution is 5.71. The third-order valence-corrected chi connectivity index (χ3v) is 2.99. The maximum absolute atomic E-state index is 11.9. The Hall–Kier alpha value is -2.13. The zero-order valence-corrected chi connectivity index (χ0v) is 13.3. The summed E-state index contributed by atoms with van der Waals surface area (Å²) in [6.45, 7) is 5.45. The highest BCUT2D eigenvalue weighted by Gasteiger charge is 2.20. The lowest BCUT2D eigenvalue weighted by Gasteiger charge is -2.22. The van der Waals surface area contributed by atoms with E-state index >= 15 is 0 Å². The normalized spacial score (nSPS) is 11.5. The number of hydrogen-bond acceptors (Lipinski definition) is 3. The molecule has 3 nitrogen and oxygen atoms in total. The molecule has 22 heavy (non-hydrogen) atoms. The topological polar surface area (TPSA) is 35.5 Å². The van der Waals surface area contributed by atoms with Gasteiger partial charge in [0, 0.05) is 0 Å². The van der Waals surface area contributed by atoms with Crippen LogP contribution in [-0.4, -0.2) is 18.2 Å². The van der Waals surface area contributed by atoms with E-state index in [0.29, 0.717) is 0 Å². The summed E-state index contributed by atoms with van der Waals surface area (Å²) in [5, 5.41) is 0. The minimum Gasteiger partial charge on any atom is -0.458 e. The van der Waals surface area contributed by atoms with E-state index in [2.05, 4.69) is 0 Å². The first-order valence-corrected chi connectivity index (χ1v) is 7.39.